The van der Waals surface area contributed by atoms with Gasteiger partial charge in [0.25, 0.3) is 5.09 Å². The van der Waals surface area contributed by atoms with Gasteiger partial charge in [0.2, 0.25) is 0 Å². The summed E-state index contributed by atoms with van der Waals surface area (Å²) in [6, 6.07) is 4.31. The van der Waals surface area contributed by atoms with Crippen molar-refractivity contribution < 1.29 is 24.6 Å². The van der Waals surface area contributed by atoms with Crippen molar-refractivity contribution in [3.8, 4) is 11.5 Å². The van der Waals surface area contributed by atoms with Crippen LogP contribution in [-0.2, 0) is 9.63 Å². The van der Waals surface area contributed by atoms with E-state index >= 15 is 0 Å². The molecule has 7 heteroatoms. The fourth-order valence-corrected chi connectivity index (χ4v) is 1.47. The number of ether oxygens (including phenoxy) is 1. The highest BCUT2D eigenvalue weighted by molar-refractivity contribution is 5.74. The van der Waals surface area contributed by atoms with Gasteiger partial charge in [0.1, 0.15) is 11.5 Å². The second-order valence-electron chi connectivity index (χ2n) is 3.91. The van der Waals surface area contributed by atoms with Crippen LogP contribution in [0.2, 0.25) is 0 Å². The fourth-order valence-electron chi connectivity index (χ4n) is 1.47. The molecule has 1 aromatic carbocycles. The molecule has 0 saturated heterocycles. The lowest BCUT2D eigenvalue weighted by Gasteiger charge is -2.07. The van der Waals surface area contributed by atoms with E-state index < -0.39 is 11.1 Å². The Morgan fingerprint density at radius 3 is 2.85 bits per heavy atom. The van der Waals surface area contributed by atoms with Crippen LogP contribution in [0.1, 0.15) is 24.8 Å². The van der Waals surface area contributed by atoms with E-state index in [4.69, 9.17) is 4.74 Å². The zero-order valence-electron chi connectivity index (χ0n) is 10.8. The molecule has 0 spiro atoms. The maximum absolute atomic E-state index is 11.6. The Hall–Kier alpha value is -2.57. The molecule has 0 radical (unpaired) electrons. The minimum absolute atomic E-state index is 0.0442. The Morgan fingerprint density at radius 1 is 1.45 bits per heavy atom. The van der Waals surface area contributed by atoms with Crippen molar-refractivity contribution in [2.45, 2.75) is 19.3 Å². The smallest absolute Gasteiger partial charge is 0.311 e. The Labute approximate surface area is 115 Å². The number of esters is 1. The summed E-state index contributed by atoms with van der Waals surface area (Å²) in [5, 5.41) is 18.3. The fraction of sp³-hybridized carbons (Fsp3) is 0.308. The van der Waals surface area contributed by atoms with Crippen LogP contribution in [0.5, 0.6) is 11.5 Å². The van der Waals surface area contributed by atoms with Gasteiger partial charge in [0.15, 0.2) is 0 Å². The zero-order chi connectivity index (χ0) is 15.0. The molecule has 0 atom stereocenters. The van der Waals surface area contributed by atoms with Crippen LogP contribution in [0.15, 0.2) is 24.8 Å². The number of hydrogen-bond acceptors (Lipinski definition) is 6. The largest absolute Gasteiger partial charge is 0.508 e. The quantitative estimate of drug-likeness (QED) is 0.258. The third-order valence-corrected chi connectivity index (χ3v) is 2.41. The molecule has 0 aliphatic heterocycles. The topological polar surface area (TPSA) is 98.9 Å². The number of benzene rings is 1. The average molecular weight is 281 g/mol. The van der Waals surface area contributed by atoms with E-state index in [9.17, 15) is 20.0 Å². The second kappa shape index (κ2) is 7.78. The van der Waals surface area contributed by atoms with Crippen LogP contribution in [0.3, 0.4) is 0 Å². The van der Waals surface area contributed by atoms with Crippen LogP contribution in [0, 0.1) is 10.1 Å². The minimum Gasteiger partial charge on any atom is -0.508 e. The number of hydrogen-bond donors (Lipinski definition) is 1. The molecule has 108 valence electrons. The number of rotatable bonds is 8. The summed E-state index contributed by atoms with van der Waals surface area (Å²) in [5.41, 5.74) is 0.509. The van der Waals surface area contributed by atoms with Crippen LogP contribution < -0.4 is 4.74 Å². The van der Waals surface area contributed by atoms with Gasteiger partial charge in [-0.25, -0.2) is 0 Å². The van der Waals surface area contributed by atoms with Gasteiger partial charge in [-0.15, -0.1) is 10.1 Å². The predicted molar refractivity (Wildman–Crippen MR) is 70.6 cm³/mol. The normalized spacial score (nSPS) is 9.80. The van der Waals surface area contributed by atoms with Gasteiger partial charge in [-0.2, -0.15) is 0 Å². The molecule has 0 aromatic heterocycles. The van der Waals surface area contributed by atoms with E-state index in [1.54, 1.807) is 0 Å². The summed E-state index contributed by atoms with van der Waals surface area (Å²) in [7, 11) is 0. The summed E-state index contributed by atoms with van der Waals surface area (Å²) < 4.78 is 5.12. The Morgan fingerprint density at radius 2 is 2.20 bits per heavy atom. The summed E-state index contributed by atoms with van der Waals surface area (Å²) in [5.74, 6) is -0.0964. The van der Waals surface area contributed by atoms with E-state index in [1.165, 1.54) is 24.3 Å². The maximum atomic E-state index is 11.6. The van der Waals surface area contributed by atoms with E-state index in [-0.39, 0.29) is 18.8 Å². The lowest BCUT2D eigenvalue weighted by Crippen LogP contribution is -2.09. The minimum atomic E-state index is -0.870. The highest BCUT2D eigenvalue weighted by Crippen LogP contribution is 2.24. The van der Waals surface area contributed by atoms with Gasteiger partial charge < -0.3 is 14.7 Å². The molecule has 0 saturated carbocycles. The number of phenols is 1. The first-order chi connectivity index (χ1) is 9.52. The maximum Gasteiger partial charge on any atom is 0.311 e. The highest BCUT2D eigenvalue weighted by atomic mass is 16.9. The van der Waals surface area contributed by atoms with Crippen LogP contribution in [0.4, 0.5) is 0 Å². The number of phenolic OH excluding ortho intramolecular Hbond substituents is 1. The lowest BCUT2D eigenvalue weighted by molar-refractivity contribution is -0.757. The van der Waals surface area contributed by atoms with Crippen molar-refractivity contribution in [1.82, 2.24) is 0 Å². The third kappa shape index (κ3) is 5.38. The first-order valence-corrected chi connectivity index (χ1v) is 5.96. The summed E-state index contributed by atoms with van der Waals surface area (Å²) in [4.78, 5) is 25.6. The van der Waals surface area contributed by atoms with Gasteiger partial charge in [0.05, 0.1) is 6.61 Å². The van der Waals surface area contributed by atoms with Crippen molar-refractivity contribution in [2.75, 3.05) is 6.61 Å². The van der Waals surface area contributed by atoms with Gasteiger partial charge in [-0.05, 0) is 31.0 Å². The monoisotopic (exact) mass is 281 g/mol. The predicted octanol–water partition coefficient (Wildman–Crippen LogP) is 2.32. The van der Waals surface area contributed by atoms with Crippen LogP contribution >= 0.6 is 0 Å². The first kappa shape index (κ1) is 15.5. The van der Waals surface area contributed by atoms with E-state index in [0.717, 1.165) is 0 Å². The second-order valence-corrected chi connectivity index (χ2v) is 3.91. The molecule has 0 unspecified atom stereocenters. The van der Waals surface area contributed by atoms with Crippen molar-refractivity contribution in [1.29, 1.82) is 0 Å². The molecule has 0 aliphatic carbocycles. The SMILES string of the molecule is C=Cc1cc(O)ccc1OC(=O)CCCCO[N+](=O)[O-]. The van der Waals surface area contributed by atoms with Crippen molar-refractivity contribution in [3.05, 3.63) is 40.5 Å². The van der Waals surface area contributed by atoms with Crippen molar-refractivity contribution in [2.24, 2.45) is 0 Å². The number of carbonyl (C=O) groups is 1. The summed E-state index contributed by atoms with van der Waals surface area (Å²) in [6.45, 7) is 3.52. The Balaban J connectivity index is 2.39. The van der Waals surface area contributed by atoms with E-state index in [0.29, 0.717) is 24.2 Å². The molecule has 1 rings (SSSR count). The molecular weight excluding hydrogens is 266 g/mol. The number of carbonyl (C=O) groups excluding carboxylic acids is 1. The zero-order valence-corrected chi connectivity index (χ0v) is 10.8. The number of aromatic hydroxyl groups is 1. The molecule has 0 amide bonds. The summed E-state index contributed by atoms with van der Waals surface area (Å²) in [6.07, 6.45) is 2.40. The molecule has 0 aliphatic rings. The molecule has 1 N–H and O–H groups in total. The van der Waals surface area contributed by atoms with Gasteiger partial charge in [0, 0.05) is 12.0 Å². The molecule has 0 heterocycles. The van der Waals surface area contributed by atoms with Crippen LogP contribution in [-0.4, -0.2) is 22.8 Å². The molecule has 7 nitrogen and oxygen atoms in total. The Kier molecular flexibility index (Phi) is 6.02. The lowest BCUT2D eigenvalue weighted by atomic mass is 10.2. The Bertz CT molecular complexity index is 500. The molecule has 20 heavy (non-hydrogen) atoms. The number of unbranched alkanes of at least 4 members (excludes halogenated alkanes) is 1. The first-order valence-electron chi connectivity index (χ1n) is 5.96. The van der Waals surface area contributed by atoms with Crippen molar-refractivity contribution >= 4 is 12.0 Å². The summed E-state index contributed by atoms with van der Waals surface area (Å²) >= 11 is 0. The van der Waals surface area contributed by atoms with Gasteiger partial charge in [-0.1, -0.05) is 12.7 Å². The molecular formula is C13H15NO6. The van der Waals surface area contributed by atoms with E-state index in [1.807, 2.05) is 0 Å². The van der Waals surface area contributed by atoms with Crippen molar-refractivity contribution in [3.63, 3.8) is 0 Å². The average Bonchev–Trinajstić information content (AvgIpc) is 2.40. The molecule has 0 bridgehead atoms. The van der Waals surface area contributed by atoms with Crippen LogP contribution in [0.25, 0.3) is 6.08 Å². The third-order valence-electron chi connectivity index (χ3n) is 2.41. The standard InChI is InChI=1S/C13H15NO6/c1-2-10-9-11(15)6-7-12(10)20-13(16)5-3-4-8-19-14(17)18/h2,6-7,9,15H,1,3-5,8H2. The number of nitrogens with zero attached hydrogens (tertiary/aromatic N) is 1. The van der Waals surface area contributed by atoms with E-state index in [2.05, 4.69) is 11.4 Å². The van der Waals surface area contributed by atoms with Gasteiger partial charge >= 0.3 is 5.97 Å². The molecule has 0 fully saturated rings. The molecule has 1 aromatic rings. The van der Waals surface area contributed by atoms with Gasteiger partial charge in [-0.3, -0.25) is 4.79 Å². The highest BCUT2D eigenvalue weighted by Gasteiger charge is 2.08.